The standard InChI is InChI=1S/C19H19NO2.C7H17N/c1-2-20-19(13-21,16-9-10-16)17-7-3-5-14(11-17)15-6-4-8-18(22)12-15;1-6(2)7(3)8(4)5/h2-8,11-13,16,20,22H,1,9-10H2;6-7H,1-5H3. The van der Waals surface area contributed by atoms with Gasteiger partial charge in [0.2, 0.25) is 0 Å². The van der Waals surface area contributed by atoms with Crippen molar-refractivity contribution in [2.24, 2.45) is 11.8 Å². The summed E-state index contributed by atoms with van der Waals surface area (Å²) in [6.45, 7) is 10.4. The summed E-state index contributed by atoms with van der Waals surface area (Å²) in [6.07, 6.45) is 4.66. The molecule has 1 fully saturated rings. The van der Waals surface area contributed by atoms with E-state index in [1.807, 2.05) is 36.4 Å². The molecule has 4 nitrogen and oxygen atoms in total. The summed E-state index contributed by atoms with van der Waals surface area (Å²) < 4.78 is 0. The summed E-state index contributed by atoms with van der Waals surface area (Å²) in [4.78, 5) is 14.1. The average molecular weight is 409 g/mol. The van der Waals surface area contributed by atoms with Crippen molar-refractivity contribution in [2.45, 2.75) is 45.2 Å². The Bertz CT molecular complexity index is 834. The Hall–Kier alpha value is -2.59. The van der Waals surface area contributed by atoms with Crippen LogP contribution in [0.15, 0.2) is 61.3 Å². The van der Waals surface area contributed by atoms with Crippen LogP contribution in [0.25, 0.3) is 11.1 Å². The Morgan fingerprint density at radius 2 is 1.70 bits per heavy atom. The molecule has 2 atom stereocenters. The van der Waals surface area contributed by atoms with E-state index < -0.39 is 5.54 Å². The van der Waals surface area contributed by atoms with Crippen LogP contribution in [-0.4, -0.2) is 36.4 Å². The van der Waals surface area contributed by atoms with Crippen LogP contribution in [0, 0.1) is 11.8 Å². The maximum absolute atomic E-state index is 11.9. The number of aromatic hydroxyl groups is 1. The van der Waals surface area contributed by atoms with Crippen LogP contribution in [0.3, 0.4) is 0 Å². The third-order valence-electron chi connectivity index (χ3n) is 6.05. The van der Waals surface area contributed by atoms with Gasteiger partial charge in [-0.3, -0.25) is 0 Å². The SMILES string of the molecule is C=CNC(C=O)(c1cccc(-c2cccc(O)c2)c1)C1CC1.CC(C)C(C)N(C)C. The normalized spacial score (nSPS) is 16.2. The Kier molecular flexibility index (Phi) is 8.24. The monoisotopic (exact) mass is 408 g/mol. The smallest absolute Gasteiger partial charge is 0.150 e. The van der Waals surface area contributed by atoms with E-state index in [4.69, 9.17) is 0 Å². The van der Waals surface area contributed by atoms with Crippen LogP contribution in [-0.2, 0) is 10.3 Å². The van der Waals surface area contributed by atoms with Crippen LogP contribution in [0.1, 0.15) is 39.2 Å². The first-order valence-electron chi connectivity index (χ1n) is 10.7. The van der Waals surface area contributed by atoms with Crippen molar-refractivity contribution in [1.29, 1.82) is 0 Å². The van der Waals surface area contributed by atoms with Crippen molar-refractivity contribution in [1.82, 2.24) is 10.2 Å². The fourth-order valence-electron chi connectivity index (χ4n) is 3.58. The molecule has 4 heteroatoms. The lowest BCUT2D eigenvalue weighted by atomic mass is 9.85. The van der Waals surface area contributed by atoms with Gasteiger partial charge in [0.05, 0.1) is 0 Å². The number of nitrogens with one attached hydrogen (secondary N) is 1. The fraction of sp³-hybridized carbons (Fsp3) is 0.423. The number of rotatable bonds is 8. The van der Waals surface area contributed by atoms with Crippen molar-refractivity contribution in [2.75, 3.05) is 14.1 Å². The lowest BCUT2D eigenvalue weighted by Crippen LogP contribution is -2.43. The molecule has 3 rings (SSSR count). The van der Waals surface area contributed by atoms with E-state index >= 15 is 0 Å². The largest absolute Gasteiger partial charge is 0.508 e. The Labute approximate surface area is 181 Å². The van der Waals surface area contributed by atoms with Crippen LogP contribution in [0.5, 0.6) is 5.75 Å². The number of hydrogen-bond donors (Lipinski definition) is 2. The van der Waals surface area contributed by atoms with Gasteiger partial charge < -0.3 is 20.1 Å². The molecule has 2 N–H and O–H groups in total. The third kappa shape index (κ3) is 5.73. The van der Waals surface area contributed by atoms with Gasteiger partial charge in [0.15, 0.2) is 0 Å². The van der Waals surface area contributed by atoms with Gasteiger partial charge in [-0.05, 0) is 86.8 Å². The molecule has 0 bridgehead atoms. The first-order valence-corrected chi connectivity index (χ1v) is 10.7. The average Bonchev–Trinajstić information content (AvgIpc) is 3.57. The second kappa shape index (κ2) is 10.4. The highest BCUT2D eigenvalue weighted by Crippen LogP contribution is 2.45. The third-order valence-corrected chi connectivity index (χ3v) is 6.05. The van der Waals surface area contributed by atoms with Crippen molar-refractivity contribution in [3.05, 3.63) is 66.9 Å². The topological polar surface area (TPSA) is 52.6 Å². The minimum absolute atomic E-state index is 0.232. The molecule has 2 aromatic carbocycles. The summed E-state index contributed by atoms with van der Waals surface area (Å²) in [7, 11) is 4.23. The molecule has 0 saturated heterocycles. The quantitative estimate of drug-likeness (QED) is 0.590. The molecule has 0 amide bonds. The van der Waals surface area contributed by atoms with E-state index in [9.17, 15) is 9.90 Å². The molecule has 1 saturated carbocycles. The predicted octanol–water partition coefficient (Wildman–Crippen LogP) is 5.19. The number of nitrogens with zero attached hydrogens (tertiary/aromatic N) is 1. The summed E-state index contributed by atoms with van der Waals surface area (Å²) in [5.41, 5.74) is 2.14. The first-order chi connectivity index (χ1) is 14.2. The van der Waals surface area contributed by atoms with E-state index in [1.165, 1.54) is 0 Å². The minimum atomic E-state index is -0.700. The van der Waals surface area contributed by atoms with Gasteiger partial charge in [0, 0.05) is 6.04 Å². The van der Waals surface area contributed by atoms with Gasteiger partial charge >= 0.3 is 0 Å². The lowest BCUT2D eigenvalue weighted by molar-refractivity contribution is -0.114. The van der Waals surface area contributed by atoms with Crippen LogP contribution in [0.2, 0.25) is 0 Å². The molecule has 1 aliphatic carbocycles. The zero-order chi connectivity index (χ0) is 22.3. The lowest BCUT2D eigenvalue weighted by Gasteiger charge is -2.29. The first kappa shape index (κ1) is 23.7. The van der Waals surface area contributed by atoms with Gasteiger partial charge in [-0.15, -0.1) is 0 Å². The zero-order valence-corrected chi connectivity index (χ0v) is 18.9. The molecule has 1 aliphatic rings. The summed E-state index contributed by atoms with van der Waals surface area (Å²) in [6, 6.07) is 15.7. The van der Waals surface area contributed by atoms with E-state index in [1.54, 1.807) is 18.3 Å². The van der Waals surface area contributed by atoms with Gasteiger partial charge in [-0.25, -0.2) is 0 Å². The highest BCUT2D eigenvalue weighted by molar-refractivity contribution is 5.73. The van der Waals surface area contributed by atoms with Crippen molar-refractivity contribution < 1.29 is 9.90 Å². The number of carbonyl (C=O) groups is 1. The Balaban J connectivity index is 0.000000343. The van der Waals surface area contributed by atoms with Crippen molar-refractivity contribution in [3.8, 4) is 16.9 Å². The molecule has 2 unspecified atom stereocenters. The number of hydrogen-bond acceptors (Lipinski definition) is 4. The second-order valence-corrected chi connectivity index (χ2v) is 8.69. The molecule has 162 valence electrons. The fourth-order valence-corrected chi connectivity index (χ4v) is 3.58. The minimum Gasteiger partial charge on any atom is -0.508 e. The van der Waals surface area contributed by atoms with Crippen molar-refractivity contribution in [3.63, 3.8) is 0 Å². The molecule has 2 aromatic rings. The van der Waals surface area contributed by atoms with E-state index in [2.05, 4.69) is 51.7 Å². The zero-order valence-electron chi connectivity index (χ0n) is 18.9. The Morgan fingerprint density at radius 1 is 1.10 bits per heavy atom. The molecule has 0 heterocycles. The molecule has 0 aliphatic heterocycles. The number of aldehydes is 1. The molecule has 0 aromatic heterocycles. The van der Waals surface area contributed by atoms with E-state index in [0.29, 0.717) is 12.0 Å². The van der Waals surface area contributed by atoms with Crippen LogP contribution >= 0.6 is 0 Å². The van der Waals surface area contributed by atoms with Gasteiger partial charge in [0.25, 0.3) is 0 Å². The molecule has 0 spiro atoms. The molecule has 0 radical (unpaired) electrons. The number of phenolic OH excluding ortho intramolecular Hbond substituents is 1. The number of carbonyl (C=O) groups excluding carboxylic acids is 1. The predicted molar refractivity (Wildman–Crippen MR) is 125 cm³/mol. The van der Waals surface area contributed by atoms with Crippen molar-refractivity contribution >= 4 is 6.29 Å². The van der Waals surface area contributed by atoms with E-state index in [-0.39, 0.29) is 5.75 Å². The molecular weight excluding hydrogens is 372 g/mol. The summed E-state index contributed by atoms with van der Waals surface area (Å²) in [5, 5.41) is 12.8. The second-order valence-electron chi connectivity index (χ2n) is 8.69. The number of benzene rings is 2. The maximum Gasteiger partial charge on any atom is 0.150 e. The molecular formula is C26H36N2O2. The van der Waals surface area contributed by atoms with Gasteiger partial charge in [0.1, 0.15) is 17.6 Å². The summed E-state index contributed by atoms with van der Waals surface area (Å²) in [5.74, 6) is 1.31. The number of phenols is 1. The summed E-state index contributed by atoms with van der Waals surface area (Å²) >= 11 is 0. The maximum atomic E-state index is 11.9. The highest BCUT2D eigenvalue weighted by atomic mass is 16.3. The Morgan fingerprint density at radius 3 is 2.13 bits per heavy atom. The molecule has 30 heavy (non-hydrogen) atoms. The van der Waals surface area contributed by atoms with Gasteiger partial charge in [-0.2, -0.15) is 0 Å². The van der Waals surface area contributed by atoms with E-state index in [0.717, 1.165) is 41.7 Å². The van der Waals surface area contributed by atoms with Gasteiger partial charge in [-0.1, -0.05) is 50.8 Å². The van der Waals surface area contributed by atoms with Crippen LogP contribution < -0.4 is 5.32 Å². The van der Waals surface area contributed by atoms with Crippen LogP contribution in [0.4, 0.5) is 0 Å². The highest BCUT2D eigenvalue weighted by Gasteiger charge is 2.46.